The van der Waals surface area contributed by atoms with Gasteiger partial charge in [0.15, 0.2) is 5.82 Å². The molecule has 118 valence electrons. The summed E-state index contributed by atoms with van der Waals surface area (Å²) in [4.78, 5) is 8.48. The van der Waals surface area contributed by atoms with E-state index >= 15 is 0 Å². The lowest BCUT2D eigenvalue weighted by Crippen LogP contribution is -2.09. The van der Waals surface area contributed by atoms with Crippen LogP contribution in [0.15, 0.2) is 58.8 Å². The van der Waals surface area contributed by atoms with Crippen molar-refractivity contribution >= 4 is 40.1 Å². The van der Waals surface area contributed by atoms with Gasteiger partial charge < -0.3 is 5.21 Å². The minimum absolute atomic E-state index is 0.441. The van der Waals surface area contributed by atoms with Crippen LogP contribution in [-0.4, -0.2) is 22.1 Å². The summed E-state index contributed by atoms with van der Waals surface area (Å²) in [7, 11) is 0. The molecule has 0 saturated heterocycles. The largest absolute Gasteiger partial charge is 0.411 e. The zero-order valence-electron chi connectivity index (χ0n) is 12.8. The molecule has 0 atom stereocenters. The number of rotatable bonds is 3. The van der Waals surface area contributed by atoms with Gasteiger partial charge in [0.25, 0.3) is 0 Å². The molecule has 3 aromatic rings. The van der Waals surface area contributed by atoms with Crippen molar-refractivity contribution in [1.29, 1.82) is 0 Å². The highest BCUT2D eigenvalue weighted by Gasteiger charge is 2.18. The predicted molar refractivity (Wildman–Crippen MR) is 97.1 cm³/mol. The fourth-order valence-corrected chi connectivity index (χ4v) is 3.29. The number of halogens is 1. The molecule has 0 amide bonds. The molecule has 1 N–H and O–H groups in total. The fraction of sp³-hybridized carbons (Fsp3) is 0.105. The van der Waals surface area contributed by atoms with Crippen molar-refractivity contribution in [3.8, 4) is 0 Å². The van der Waals surface area contributed by atoms with Gasteiger partial charge in [0.05, 0.1) is 5.71 Å². The number of hydrogen-bond donors (Lipinski definition) is 1. The van der Waals surface area contributed by atoms with Gasteiger partial charge in [-0.15, -0.1) is 0 Å². The molecule has 0 bridgehead atoms. The Bertz CT molecular complexity index is 995. The van der Waals surface area contributed by atoms with Crippen LogP contribution in [0.1, 0.15) is 16.7 Å². The number of benzene rings is 2. The summed E-state index contributed by atoms with van der Waals surface area (Å²) in [6.07, 6.45) is 4.64. The van der Waals surface area contributed by atoms with Crippen LogP contribution in [0.25, 0.3) is 10.8 Å². The van der Waals surface area contributed by atoms with E-state index in [1.807, 2.05) is 48.7 Å². The molecule has 5 heteroatoms. The van der Waals surface area contributed by atoms with Crippen LogP contribution in [0.3, 0.4) is 0 Å². The molecule has 0 aliphatic carbocycles. The Balaban J connectivity index is 1.74. The molecular formula is C19H14ClN3O. The lowest BCUT2D eigenvalue weighted by atomic mass is 9.96. The van der Waals surface area contributed by atoms with Gasteiger partial charge >= 0.3 is 0 Å². The lowest BCUT2D eigenvalue weighted by molar-refractivity contribution is 0.318. The van der Waals surface area contributed by atoms with E-state index in [9.17, 15) is 5.21 Å². The monoisotopic (exact) mass is 335 g/mol. The Morgan fingerprint density at radius 1 is 1.17 bits per heavy atom. The minimum atomic E-state index is 0.441. The summed E-state index contributed by atoms with van der Waals surface area (Å²) in [5.74, 6) is 0.693. The maximum atomic E-state index is 9.56. The minimum Gasteiger partial charge on any atom is -0.411 e. The molecule has 1 aliphatic heterocycles. The third kappa shape index (κ3) is 2.55. The quantitative estimate of drug-likeness (QED) is 0.433. The predicted octanol–water partition coefficient (Wildman–Crippen LogP) is 4.57. The van der Waals surface area contributed by atoms with Crippen molar-refractivity contribution in [3.63, 3.8) is 0 Å². The second kappa shape index (κ2) is 6.06. The first kappa shape index (κ1) is 14.8. The van der Waals surface area contributed by atoms with Gasteiger partial charge in [0.1, 0.15) is 0 Å². The second-order valence-electron chi connectivity index (χ2n) is 5.69. The van der Waals surface area contributed by atoms with E-state index in [4.69, 9.17) is 11.6 Å². The van der Waals surface area contributed by atoms with E-state index in [1.165, 1.54) is 0 Å². The SMILES string of the molecule is O/N=C(\Cc1cc2ccccc2cc1Cl)c1ccnc2c1CC=N2. The van der Waals surface area contributed by atoms with E-state index in [0.717, 1.165) is 27.5 Å². The fourth-order valence-electron chi connectivity index (χ4n) is 3.05. The molecule has 1 aromatic heterocycles. The number of fused-ring (bicyclic) bond motifs is 2. The van der Waals surface area contributed by atoms with Crippen LogP contribution in [0, 0.1) is 0 Å². The highest BCUT2D eigenvalue weighted by molar-refractivity contribution is 6.32. The Hall–Kier alpha value is -2.72. The van der Waals surface area contributed by atoms with Crippen molar-refractivity contribution in [2.75, 3.05) is 0 Å². The molecule has 2 aromatic carbocycles. The average molecular weight is 336 g/mol. The maximum absolute atomic E-state index is 9.56. The van der Waals surface area contributed by atoms with Crippen molar-refractivity contribution < 1.29 is 5.21 Å². The topological polar surface area (TPSA) is 57.8 Å². The molecule has 4 rings (SSSR count). The molecule has 4 nitrogen and oxygen atoms in total. The normalized spacial score (nSPS) is 13.5. The number of hydrogen-bond acceptors (Lipinski definition) is 4. The van der Waals surface area contributed by atoms with Crippen LogP contribution in [0.2, 0.25) is 5.02 Å². The zero-order chi connectivity index (χ0) is 16.5. The van der Waals surface area contributed by atoms with Crippen molar-refractivity contribution in [3.05, 3.63) is 70.4 Å². The van der Waals surface area contributed by atoms with Gasteiger partial charge in [0, 0.05) is 41.4 Å². The summed E-state index contributed by atoms with van der Waals surface area (Å²) in [6, 6.07) is 13.9. The molecule has 24 heavy (non-hydrogen) atoms. The third-order valence-electron chi connectivity index (χ3n) is 4.25. The first-order valence-corrected chi connectivity index (χ1v) is 8.03. The molecule has 0 saturated carbocycles. The van der Waals surface area contributed by atoms with Crippen LogP contribution in [0.4, 0.5) is 5.82 Å². The third-order valence-corrected chi connectivity index (χ3v) is 4.60. The number of oxime groups is 1. The molecule has 0 spiro atoms. The maximum Gasteiger partial charge on any atom is 0.155 e. The summed E-state index contributed by atoms with van der Waals surface area (Å²) in [5.41, 5.74) is 3.34. The first-order valence-electron chi connectivity index (χ1n) is 7.65. The molecule has 2 heterocycles. The number of nitrogens with zero attached hydrogens (tertiary/aromatic N) is 3. The van der Waals surface area contributed by atoms with E-state index in [1.54, 1.807) is 6.20 Å². The summed E-state index contributed by atoms with van der Waals surface area (Å²) in [5, 5.41) is 15.9. The van der Waals surface area contributed by atoms with Crippen LogP contribution >= 0.6 is 11.6 Å². The van der Waals surface area contributed by atoms with Gasteiger partial charge in [-0.1, -0.05) is 41.0 Å². The molecule has 0 unspecified atom stereocenters. The smallest absolute Gasteiger partial charge is 0.155 e. The molecule has 0 fully saturated rings. The van der Waals surface area contributed by atoms with Gasteiger partial charge in [-0.2, -0.15) is 0 Å². The second-order valence-corrected chi connectivity index (χ2v) is 6.10. The summed E-state index contributed by atoms with van der Waals surface area (Å²) < 4.78 is 0. The van der Waals surface area contributed by atoms with Crippen LogP contribution < -0.4 is 0 Å². The van der Waals surface area contributed by atoms with Crippen molar-refractivity contribution in [2.24, 2.45) is 10.1 Å². The Morgan fingerprint density at radius 2 is 1.96 bits per heavy atom. The van der Waals surface area contributed by atoms with Crippen molar-refractivity contribution in [2.45, 2.75) is 12.8 Å². The van der Waals surface area contributed by atoms with Gasteiger partial charge in [0.2, 0.25) is 0 Å². The zero-order valence-corrected chi connectivity index (χ0v) is 13.5. The van der Waals surface area contributed by atoms with E-state index < -0.39 is 0 Å². The van der Waals surface area contributed by atoms with E-state index in [0.29, 0.717) is 29.4 Å². The number of aliphatic imine (C=N–C) groups is 1. The number of pyridine rings is 1. The molecule has 1 aliphatic rings. The summed E-state index contributed by atoms with van der Waals surface area (Å²) >= 11 is 6.44. The molecule has 0 radical (unpaired) electrons. The first-order chi connectivity index (χ1) is 11.8. The Morgan fingerprint density at radius 3 is 2.75 bits per heavy atom. The standard InChI is InChI=1S/C19H14ClN3O/c20-17-10-13-4-2-1-3-12(13)9-14(17)11-18(23-24)15-5-7-21-19-16(15)6-8-22-19/h1-5,7-10,24H,6,11H2/b23-18+. The average Bonchev–Trinajstić information content (AvgIpc) is 3.09. The number of aromatic nitrogens is 1. The molecular weight excluding hydrogens is 322 g/mol. The van der Waals surface area contributed by atoms with Gasteiger partial charge in [-0.3, -0.25) is 0 Å². The van der Waals surface area contributed by atoms with E-state index in [-0.39, 0.29) is 0 Å². The van der Waals surface area contributed by atoms with Gasteiger partial charge in [-0.25, -0.2) is 9.98 Å². The van der Waals surface area contributed by atoms with Crippen molar-refractivity contribution in [1.82, 2.24) is 4.98 Å². The van der Waals surface area contributed by atoms with E-state index in [2.05, 4.69) is 15.1 Å². The van der Waals surface area contributed by atoms with Crippen LogP contribution in [-0.2, 0) is 12.8 Å². The van der Waals surface area contributed by atoms with Crippen LogP contribution in [0.5, 0.6) is 0 Å². The Labute approximate surface area is 144 Å². The summed E-state index contributed by atoms with van der Waals surface area (Å²) in [6.45, 7) is 0. The highest BCUT2D eigenvalue weighted by atomic mass is 35.5. The Kier molecular flexibility index (Phi) is 3.75. The van der Waals surface area contributed by atoms with Gasteiger partial charge in [-0.05, 0) is 34.5 Å². The highest BCUT2D eigenvalue weighted by Crippen LogP contribution is 2.28. The lowest BCUT2D eigenvalue weighted by Gasteiger charge is -2.11.